The second-order valence-corrected chi connectivity index (χ2v) is 15.4. The van der Waals surface area contributed by atoms with Crippen molar-refractivity contribution in [1.29, 1.82) is 0 Å². The molecule has 0 aromatic carbocycles. The summed E-state index contributed by atoms with van der Waals surface area (Å²) in [6.07, 6.45) is 7.50. The molecule has 2 aliphatic heterocycles. The van der Waals surface area contributed by atoms with E-state index in [1.54, 1.807) is 0 Å². The Hall–Kier alpha value is -1.24. The minimum Gasteiger partial charge on any atom is -0.462 e. The number of fused-ring (bicyclic) bond motifs is 5. The number of aliphatic hydroxyl groups is 1. The van der Waals surface area contributed by atoms with E-state index in [9.17, 15) is 14.7 Å². The number of ketones is 1. The topological polar surface area (TPSA) is 85.4 Å². The van der Waals surface area contributed by atoms with Gasteiger partial charge >= 0.3 is 5.97 Å². The van der Waals surface area contributed by atoms with E-state index in [1.807, 2.05) is 0 Å². The second kappa shape index (κ2) is 8.16. The quantitative estimate of drug-likeness (QED) is 0.291. The van der Waals surface area contributed by atoms with Gasteiger partial charge < -0.3 is 19.3 Å². The van der Waals surface area contributed by atoms with Crippen LogP contribution in [0.1, 0.15) is 100 Å². The highest BCUT2D eigenvalue weighted by Crippen LogP contribution is 2.73. The van der Waals surface area contributed by atoms with Crippen LogP contribution in [0.5, 0.6) is 0 Å². The van der Waals surface area contributed by atoms with Gasteiger partial charge in [0.25, 0.3) is 0 Å². The lowest BCUT2D eigenvalue weighted by Crippen LogP contribution is -2.65. The molecule has 6 nitrogen and oxygen atoms in total. The smallest absolute Gasteiger partial charge is 0.302 e. The summed E-state index contributed by atoms with van der Waals surface area (Å²) in [5.74, 6) is 0.971. The first kappa shape index (κ1) is 27.0. The number of allylic oxidation sites excluding steroid dienone is 1. The van der Waals surface area contributed by atoms with Crippen molar-refractivity contribution < 1.29 is 28.9 Å². The fourth-order valence-electron chi connectivity index (χ4n) is 10.9. The van der Waals surface area contributed by atoms with Crippen LogP contribution < -0.4 is 0 Å². The maximum absolute atomic E-state index is 13.1. The Bertz CT molecular complexity index is 1080. The molecule has 0 spiro atoms. The van der Waals surface area contributed by atoms with Gasteiger partial charge in [-0.2, -0.15) is 0 Å². The number of hydrogen-bond donors (Lipinski definition) is 1. The molecule has 0 unspecified atom stereocenters. The van der Waals surface area contributed by atoms with E-state index in [0.29, 0.717) is 18.1 Å². The summed E-state index contributed by atoms with van der Waals surface area (Å²) in [5.41, 5.74) is 0.467. The lowest BCUT2D eigenvalue weighted by atomic mass is 9.37. The molecule has 4 aliphatic carbocycles. The molecule has 212 valence electrons. The fraction of sp³-hybridized carbons (Fsp3) is 0.875. The molecule has 2 saturated heterocycles. The van der Waals surface area contributed by atoms with Crippen molar-refractivity contribution in [3.8, 4) is 0 Å². The van der Waals surface area contributed by atoms with Crippen LogP contribution in [-0.2, 0) is 23.8 Å². The lowest BCUT2D eigenvalue weighted by molar-refractivity contribution is -0.205. The van der Waals surface area contributed by atoms with Crippen LogP contribution >= 0.6 is 0 Å². The highest BCUT2D eigenvalue weighted by Gasteiger charge is 2.70. The van der Waals surface area contributed by atoms with Gasteiger partial charge in [0.1, 0.15) is 18.0 Å². The third-order valence-corrected chi connectivity index (χ3v) is 12.9. The molecule has 0 aromatic rings. The number of Topliss-reactive ketones (excluding diaryl/α,β-unsaturated/α-hetero) is 1. The van der Waals surface area contributed by atoms with Crippen LogP contribution in [0.3, 0.4) is 0 Å². The van der Waals surface area contributed by atoms with Gasteiger partial charge in [0.15, 0.2) is 6.29 Å². The molecule has 0 amide bonds. The number of carbonyl (C=O) groups excluding carboxylic acids is 2. The molecule has 0 bridgehead atoms. The third-order valence-electron chi connectivity index (χ3n) is 12.9. The Morgan fingerprint density at radius 2 is 1.74 bits per heavy atom. The Morgan fingerprint density at radius 3 is 2.37 bits per heavy atom. The number of rotatable bonds is 3. The molecule has 0 aromatic heterocycles. The van der Waals surface area contributed by atoms with Gasteiger partial charge in [-0.3, -0.25) is 9.59 Å². The van der Waals surface area contributed by atoms with E-state index >= 15 is 0 Å². The van der Waals surface area contributed by atoms with Gasteiger partial charge in [-0.1, -0.05) is 46.3 Å². The van der Waals surface area contributed by atoms with Gasteiger partial charge in [-0.05, 0) is 81.0 Å². The third kappa shape index (κ3) is 3.48. The van der Waals surface area contributed by atoms with Crippen LogP contribution in [0, 0.1) is 45.3 Å². The molecule has 1 N–H and O–H groups in total. The van der Waals surface area contributed by atoms with Gasteiger partial charge in [-0.15, -0.1) is 0 Å². The molecular formula is C32H48O6. The monoisotopic (exact) mass is 528 g/mol. The van der Waals surface area contributed by atoms with Crippen molar-refractivity contribution in [2.45, 2.75) is 131 Å². The highest BCUT2D eigenvalue weighted by atomic mass is 16.7. The molecule has 5 fully saturated rings. The molecule has 38 heavy (non-hydrogen) atoms. The first-order valence-electron chi connectivity index (χ1n) is 15.0. The zero-order valence-corrected chi connectivity index (χ0v) is 24.6. The molecule has 2 heterocycles. The number of epoxide rings is 1. The maximum Gasteiger partial charge on any atom is 0.302 e. The van der Waals surface area contributed by atoms with Gasteiger partial charge in [0.2, 0.25) is 0 Å². The highest BCUT2D eigenvalue weighted by molar-refractivity contribution is 5.85. The minimum atomic E-state index is -0.775. The summed E-state index contributed by atoms with van der Waals surface area (Å²) in [5, 5.41) is 11.1. The van der Waals surface area contributed by atoms with Gasteiger partial charge in [0.05, 0.1) is 11.7 Å². The van der Waals surface area contributed by atoms with Gasteiger partial charge in [0, 0.05) is 30.1 Å². The predicted molar refractivity (Wildman–Crippen MR) is 143 cm³/mol. The molecule has 3 saturated carbocycles. The molecule has 11 atom stereocenters. The Balaban J connectivity index is 1.35. The second-order valence-electron chi connectivity index (χ2n) is 15.4. The first-order valence-corrected chi connectivity index (χ1v) is 15.0. The van der Waals surface area contributed by atoms with Crippen molar-refractivity contribution in [3.63, 3.8) is 0 Å². The SMILES string of the molecule is CC(=O)O[C@@H]1C[C@H]2C(C)(C)C(=O)CC[C@]2(C)[C@H]2CC[C@]3(C)C(=CC[C@H]3[C@@H]3C[C@H]([C@@H]4OC4(C)C)O[C@@H]3O)[C@@]21C. The van der Waals surface area contributed by atoms with Crippen molar-refractivity contribution in [1.82, 2.24) is 0 Å². The largest absolute Gasteiger partial charge is 0.462 e. The Morgan fingerprint density at radius 1 is 1.05 bits per heavy atom. The van der Waals surface area contributed by atoms with Crippen molar-refractivity contribution in [3.05, 3.63) is 11.6 Å². The average Bonchev–Trinajstić information content (AvgIpc) is 3.10. The van der Waals surface area contributed by atoms with E-state index in [0.717, 1.165) is 38.5 Å². The van der Waals surface area contributed by atoms with Crippen LogP contribution in [0.2, 0.25) is 0 Å². The summed E-state index contributed by atoms with van der Waals surface area (Å²) in [4.78, 5) is 25.6. The summed E-state index contributed by atoms with van der Waals surface area (Å²) < 4.78 is 18.2. The molecule has 6 aliphatic rings. The Kier molecular flexibility index (Phi) is 5.79. The zero-order valence-electron chi connectivity index (χ0n) is 24.6. The Labute approximate surface area is 228 Å². The van der Waals surface area contributed by atoms with Crippen LogP contribution in [0.25, 0.3) is 0 Å². The zero-order chi connectivity index (χ0) is 27.6. The normalized spacial score (nSPS) is 52.4. The summed E-state index contributed by atoms with van der Waals surface area (Å²) >= 11 is 0. The van der Waals surface area contributed by atoms with Crippen molar-refractivity contribution in [2.24, 2.45) is 45.3 Å². The number of esters is 1. The summed E-state index contributed by atoms with van der Waals surface area (Å²) in [6, 6.07) is 0. The summed E-state index contributed by atoms with van der Waals surface area (Å²) in [7, 11) is 0. The van der Waals surface area contributed by atoms with E-state index in [4.69, 9.17) is 14.2 Å². The van der Waals surface area contributed by atoms with E-state index < -0.39 is 11.7 Å². The van der Waals surface area contributed by atoms with E-state index in [-0.39, 0.29) is 63.9 Å². The molecular weight excluding hydrogens is 480 g/mol. The number of carbonyl (C=O) groups is 2. The lowest BCUT2D eigenvalue weighted by Gasteiger charge is -2.67. The van der Waals surface area contributed by atoms with Gasteiger partial charge in [-0.25, -0.2) is 0 Å². The van der Waals surface area contributed by atoms with Crippen LogP contribution in [0.4, 0.5) is 0 Å². The number of hydrogen-bond acceptors (Lipinski definition) is 6. The van der Waals surface area contributed by atoms with E-state index in [1.165, 1.54) is 12.5 Å². The average molecular weight is 529 g/mol. The van der Waals surface area contributed by atoms with Crippen LogP contribution in [-0.4, -0.2) is 47.1 Å². The fourth-order valence-corrected chi connectivity index (χ4v) is 10.9. The standard InChI is InChI=1S/C32H48O6/c1-17(33)36-25-16-23-28(2,3)24(34)12-14-31(23,7)22-11-13-30(6)19(9-10-21(30)32(22,25)8)18-15-20(37-27(18)35)26-29(4,5)38-26/h10,18-20,22-23,25-27,35H,9,11-16H2,1-8H3/t18-,19-,20+,22+,23-,25+,26-,27-,30-,31+,32-/m0/s1. The molecule has 0 radical (unpaired) electrons. The molecule has 6 heteroatoms. The van der Waals surface area contributed by atoms with Crippen molar-refractivity contribution in [2.75, 3.05) is 0 Å². The minimum absolute atomic E-state index is 0.0129. The predicted octanol–water partition coefficient (Wildman–Crippen LogP) is 5.60. The number of ether oxygens (including phenoxy) is 3. The summed E-state index contributed by atoms with van der Waals surface area (Å²) in [6.45, 7) is 17.1. The van der Waals surface area contributed by atoms with Crippen LogP contribution in [0.15, 0.2) is 11.6 Å². The molecule has 6 rings (SSSR count). The van der Waals surface area contributed by atoms with Crippen molar-refractivity contribution >= 4 is 11.8 Å². The number of aliphatic hydroxyl groups excluding tert-OH is 1. The first-order chi connectivity index (χ1) is 17.6. The maximum atomic E-state index is 13.1. The van der Waals surface area contributed by atoms with E-state index in [2.05, 4.69) is 54.5 Å².